The molecule has 14 heavy (non-hydrogen) atoms. The third-order valence-corrected chi connectivity index (χ3v) is 4.85. The molecule has 78 valence electrons. The van der Waals surface area contributed by atoms with E-state index in [1.807, 2.05) is 0 Å². The molecular formula is C11H18N2O. The lowest BCUT2D eigenvalue weighted by molar-refractivity contribution is -0.120. The molecule has 0 aromatic heterocycles. The number of nitrogens with zero attached hydrogens (tertiary/aromatic N) is 1. The molecule has 1 aliphatic heterocycles. The highest BCUT2D eigenvalue weighted by molar-refractivity contribution is 5.74. The van der Waals surface area contributed by atoms with Crippen molar-refractivity contribution in [2.75, 3.05) is 6.61 Å². The average Bonchev–Trinajstić information content (AvgIpc) is 2.47. The second-order valence-corrected chi connectivity index (χ2v) is 5.69. The second kappa shape index (κ2) is 2.26. The van der Waals surface area contributed by atoms with Crippen molar-refractivity contribution in [3.63, 3.8) is 0 Å². The van der Waals surface area contributed by atoms with Gasteiger partial charge in [-0.25, -0.2) is 4.99 Å². The van der Waals surface area contributed by atoms with Crippen molar-refractivity contribution >= 4 is 6.02 Å². The molecule has 0 aromatic rings. The summed E-state index contributed by atoms with van der Waals surface area (Å²) in [4.78, 5) is 4.57. The number of nitrogens with two attached hydrogens (primary N) is 1. The van der Waals surface area contributed by atoms with Crippen molar-refractivity contribution in [3.8, 4) is 0 Å². The van der Waals surface area contributed by atoms with E-state index >= 15 is 0 Å². The van der Waals surface area contributed by atoms with Crippen molar-refractivity contribution in [3.05, 3.63) is 0 Å². The molecule has 0 aromatic carbocycles. The topological polar surface area (TPSA) is 47.6 Å². The van der Waals surface area contributed by atoms with Crippen molar-refractivity contribution in [2.45, 2.75) is 38.6 Å². The maximum Gasteiger partial charge on any atom is 0.282 e. The molecule has 2 N–H and O–H groups in total. The molecule has 3 nitrogen and oxygen atoms in total. The van der Waals surface area contributed by atoms with Crippen LogP contribution in [0.2, 0.25) is 0 Å². The summed E-state index contributed by atoms with van der Waals surface area (Å²) >= 11 is 0. The van der Waals surface area contributed by atoms with E-state index in [9.17, 15) is 0 Å². The van der Waals surface area contributed by atoms with Gasteiger partial charge in [0, 0.05) is 0 Å². The Kier molecular flexibility index (Phi) is 1.38. The van der Waals surface area contributed by atoms with Crippen LogP contribution in [-0.2, 0) is 4.74 Å². The van der Waals surface area contributed by atoms with Crippen molar-refractivity contribution in [1.82, 2.24) is 0 Å². The van der Waals surface area contributed by atoms with E-state index in [0.717, 1.165) is 12.5 Å². The number of aliphatic imine (C=N–C) groups is 1. The average molecular weight is 194 g/mol. The molecule has 3 unspecified atom stereocenters. The summed E-state index contributed by atoms with van der Waals surface area (Å²) < 4.78 is 5.36. The Hall–Kier alpha value is -0.730. The van der Waals surface area contributed by atoms with Gasteiger partial charge in [-0.15, -0.1) is 0 Å². The van der Waals surface area contributed by atoms with Gasteiger partial charge >= 0.3 is 0 Å². The largest absolute Gasteiger partial charge is 0.463 e. The molecule has 3 saturated carbocycles. The van der Waals surface area contributed by atoms with Gasteiger partial charge in [0.2, 0.25) is 0 Å². The molecule has 1 spiro atoms. The summed E-state index contributed by atoms with van der Waals surface area (Å²) in [5, 5.41) is 0. The van der Waals surface area contributed by atoms with Crippen LogP contribution in [0, 0.1) is 17.3 Å². The fraction of sp³-hybridized carbons (Fsp3) is 0.909. The number of fused-ring (bicyclic) bond motifs is 1. The van der Waals surface area contributed by atoms with E-state index < -0.39 is 0 Å². The zero-order chi connectivity index (χ0) is 9.97. The quantitative estimate of drug-likeness (QED) is 0.635. The Labute approximate surface area is 84.7 Å². The third kappa shape index (κ3) is 0.812. The first-order valence-corrected chi connectivity index (χ1v) is 5.53. The number of amidine groups is 1. The maximum atomic E-state index is 5.64. The van der Waals surface area contributed by atoms with Gasteiger partial charge in [-0.1, -0.05) is 13.8 Å². The van der Waals surface area contributed by atoms with E-state index in [-0.39, 0.29) is 5.54 Å². The van der Waals surface area contributed by atoms with Crippen molar-refractivity contribution in [1.29, 1.82) is 0 Å². The minimum Gasteiger partial charge on any atom is -0.463 e. The molecule has 1 heterocycles. The van der Waals surface area contributed by atoms with Gasteiger partial charge in [0.25, 0.3) is 6.02 Å². The number of hydrogen-bond donors (Lipinski definition) is 1. The van der Waals surface area contributed by atoms with Gasteiger partial charge in [-0.2, -0.15) is 0 Å². The molecule has 3 aliphatic carbocycles. The molecule has 3 atom stereocenters. The molecule has 4 aliphatic rings. The molecule has 2 bridgehead atoms. The Bertz CT molecular complexity index is 308. The lowest BCUT2D eigenvalue weighted by Gasteiger charge is -2.62. The van der Waals surface area contributed by atoms with Gasteiger partial charge in [0.1, 0.15) is 12.1 Å². The van der Waals surface area contributed by atoms with Crippen LogP contribution in [0.15, 0.2) is 4.99 Å². The summed E-state index contributed by atoms with van der Waals surface area (Å²) in [5.41, 5.74) is 6.13. The SMILES string of the molecule is CC1(C)C2CCC3(COC(N)=N3)C1C2. The Morgan fingerprint density at radius 3 is 2.79 bits per heavy atom. The van der Waals surface area contributed by atoms with E-state index in [1.165, 1.54) is 19.3 Å². The fourth-order valence-electron chi connectivity index (χ4n) is 3.81. The van der Waals surface area contributed by atoms with E-state index in [4.69, 9.17) is 10.5 Å². The van der Waals surface area contributed by atoms with Gasteiger partial charge < -0.3 is 10.5 Å². The van der Waals surface area contributed by atoms with E-state index in [1.54, 1.807) is 0 Å². The zero-order valence-electron chi connectivity index (χ0n) is 8.92. The first-order chi connectivity index (χ1) is 6.55. The van der Waals surface area contributed by atoms with Crippen LogP contribution >= 0.6 is 0 Å². The van der Waals surface area contributed by atoms with Crippen LogP contribution in [0.3, 0.4) is 0 Å². The van der Waals surface area contributed by atoms with Crippen LogP contribution < -0.4 is 5.73 Å². The van der Waals surface area contributed by atoms with Crippen molar-refractivity contribution < 1.29 is 4.74 Å². The molecular weight excluding hydrogens is 176 g/mol. The lowest BCUT2D eigenvalue weighted by atomic mass is 9.43. The van der Waals surface area contributed by atoms with Gasteiger partial charge in [-0.05, 0) is 36.5 Å². The van der Waals surface area contributed by atoms with Crippen LogP contribution in [0.25, 0.3) is 0 Å². The second-order valence-electron chi connectivity index (χ2n) is 5.69. The predicted octanol–water partition coefficient (Wildman–Crippen LogP) is 1.53. The minimum absolute atomic E-state index is 0.0440. The molecule has 3 fully saturated rings. The molecule has 0 amide bonds. The highest BCUT2D eigenvalue weighted by Crippen LogP contribution is 2.64. The zero-order valence-corrected chi connectivity index (χ0v) is 8.92. The van der Waals surface area contributed by atoms with E-state index in [2.05, 4.69) is 18.8 Å². The minimum atomic E-state index is 0.0440. The number of ether oxygens (including phenoxy) is 1. The molecule has 0 saturated heterocycles. The monoisotopic (exact) mass is 194 g/mol. The Morgan fingerprint density at radius 2 is 2.29 bits per heavy atom. The first-order valence-electron chi connectivity index (χ1n) is 5.53. The maximum absolute atomic E-state index is 5.64. The van der Waals surface area contributed by atoms with Crippen LogP contribution in [0.1, 0.15) is 33.1 Å². The van der Waals surface area contributed by atoms with Gasteiger partial charge in [0.15, 0.2) is 0 Å². The van der Waals surface area contributed by atoms with E-state index in [0.29, 0.717) is 17.4 Å². The van der Waals surface area contributed by atoms with Crippen LogP contribution in [0.4, 0.5) is 0 Å². The summed E-state index contributed by atoms with van der Waals surface area (Å²) in [6.45, 7) is 5.47. The van der Waals surface area contributed by atoms with Crippen molar-refractivity contribution in [2.24, 2.45) is 28.0 Å². The smallest absolute Gasteiger partial charge is 0.282 e. The van der Waals surface area contributed by atoms with Gasteiger partial charge in [0.05, 0.1) is 0 Å². The lowest BCUT2D eigenvalue weighted by Crippen LogP contribution is -2.61. The first kappa shape index (κ1) is 8.57. The Morgan fingerprint density at radius 1 is 1.50 bits per heavy atom. The standard InChI is InChI=1S/C11H18N2O/c1-10(2)7-3-4-11(8(10)5-7)6-14-9(12)13-11/h7-8H,3-6H2,1-2H3,(H2,12,13). The molecule has 0 radical (unpaired) electrons. The summed E-state index contributed by atoms with van der Waals surface area (Å²) in [6, 6.07) is 0.408. The highest BCUT2D eigenvalue weighted by Gasteiger charge is 2.62. The normalized spacial score (nSPS) is 48.3. The predicted molar refractivity (Wildman–Crippen MR) is 54.9 cm³/mol. The van der Waals surface area contributed by atoms with Gasteiger partial charge in [-0.3, -0.25) is 0 Å². The van der Waals surface area contributed by atoms with Crippen LogP contribution in [0.5, 0.6) is 0 Å². The fourth-order valence-corrected chi connectivity index (χ4v) is 3.81. The molecule has 4 rings (SSSR count). The molecule has 3 heteroatoms. The Balaban J connectivity index is 1.95. The number of hydrogen-bond acceptors (Lipinski definition) is 3. The van der Waals surface area contributed by atoms with Crippen LogP contribution in [-0.4, -0.2) is 18.2 Å². The third-order valence-electron chi connectivity index (χ3n) is 4.85. The summed E-state index contributed by atoms with van der Waals surface area (Å²) in [6.07, 6.45) is 3.79. The summed E-state index contributed by atoms with van der Waals surface area (Å²) in [7, 11) is 0. The summed E-state index contributed by atoms with van der Waals surface area (Å²) in [5.74, 6) is 1.60. The highest BCUT2D eigenvalue weighted by atomic mass is 16.5. The number of rotatable bonds is 0.